The highest BCUT2D eigenvalue weighted by atomic mass is 35.5. The second-order valence-corrected chi connectivity index (χ2v) is 4.43. The van der Waals surface area contributed by atoms with Crippen molar-refractivity contribution in [2.45, 2.75) is 13.5 Å². The summed E-state index contributed by atoms with van der Waals surface area (Å²) in [7, 11) is 0. The first-order valence-electron chi connectivity index (χ1n) is 5.25. The van der Waals surface area contributed by atoms with Crippen LogP contribution in [0.1, 0.15) is 23.0 Å². The van der Waals surface area contributed by atoms with Gasteiger partial charge in [-0.05, 0) is 25.1 Å². The number of aryl methyl sites for hydroxylation is 1. The summed E-state index contributed by atoms with van der Waals surface area (Å²) in [5.41, 5.74) is 0.556. The summed E-state index contributed by atoms with van der Waals surface area (Å²) in [6, 6.07) is 3.80. The van der Waals surface area contributed by atoms with E-state index < -0.39 is 5.82 Å². The highest BCUT2D eigenvalue weighted by Gasteiger charge is 2.19. The molecule has 0 radical (unpaired) electrons. The number of carbonyl (C=O) groups is 1. The van der Waals surface area contributed by atoms with Gasteiger partial charge in [-0.1, -0.05) is 23.2 Å². The molecule has 1 heterocycles. The molecular formula is C12H9Cl2FN2O. The molecule has 18 heavy (non-hydrogen) atoms. The van der Waals surface area contributed by atoms with Gasteiger partial charge in [-0.25, -0.2) is 4.39 Å². The molecule has 3 nitrogen and oxygen atoms in total. The van der Waals surface area contributed by atoms with Crippen LogP contribution in [0.2, 0.25) is 10.0 Å². The number of hydrogen-bond donors (Lipinski definition) is 0. The number of hydrogen-bond acceptors (Lipinski definition) is 2. The van der Waals surface area contributed by atoms with E-state index in [1.165, 1.54) is 23.0 Å². The van der Waals surface area contributed by atoms with Crippen LogP contribution in [0.5, 0.6) is 0 Å². The van der Waals surface area contributed by atoms with Crippen LogP contribution >= 0.6 is 23.2 Å². The molecule has 0 N–H and O–H groups in total. The van der Waals surface area contributed by atoms with Crippen LogP contribution in [-0.4, -0.2) is 15.6 Å². The van der Waals surface area contributed by atoms with Crippen molar-refractivity contribution in [2.75, 3.05) is 0 Å². The Balaban J connectivity index is 2.47. The van der Waals surface area contributed by atoms with Crippen LogP contribution < -0.4 is 0 Å². The number of aromatic nitrogens is 2. The number of ketones is 1. The fourth-order valence-corrected chi connectivity index (χ4v) is 2.01. The van der Waals surface area contributed by atoms with Gasteiger partial charge in [-0.3, -0.25) is 9.48 Å². The largest absolute Gasteiger partial charge is 0.287 e. The zero-order chi connectivity index (χ0) is 13.3. The molecule has 0 aliphatic heterocycles. The molecule has 0 bridgehead atoms. The molecular weight excluding hydrogens is 278 g/mol. The average molecular weight is 287 g/mol. The van der Waals surface area contributed by atoms with E-state index in [9.17, 15) is 9.18 Å². The predicted octanol–water partition coefficient (Wildman–Crippen LogP) is 3.58. The van der Waals surface area contributed by atoms with Gasteiger partial charge in [0.2, 0.25) is 5.78 Å². The Morgan fingerprint density at radius 1 is 1.39 bits per heavy atom. The van der Waals surface area contributed by atoms with Crippen molar-refractivity contribution < 1.29 is 9.18 Å². The van der Waals surface area contributed by atoms with Crippen molar-refractivity contribution in [1.82, 2.24) is 9.78 Å². The molecule has 0 amide bonds. The lowest BCUT2D eigenvalue weighted by Gasteiger charge is -2.05. The third-order valence-corrected chi connectivity index (χ3v) is 3.06. The first kappa shape index (κ1) is 13.1. The number of halogens is 3. The summed E-state index contributed by atoms with van der Waals surface area (Å²) in [4.78, 5) is 12.2. The van der Waals surface area contributed by atoms with Crippen molar-refractivity contribution in [2.24, 2.45) is 0 Å². The smallest absolute Gasteiger partial charge is 0.212 e. The van der Waals surface area contributed by atoms with Gasteiger partial charge in [0, 0.05) is 12.1 Å². The molecule has 2 rings (SSSR count). The van der Waals surface area contributed by atoms with Crippen LogP contribution in [0.15, 0.2) is 24.4 Å². The standard InChI is InChI=1S/C12H9Cl2FN2O/c1-2-17-11(9(14)6-16-17)12(18)7-3-4-10(15)8(13)5-7/h3-6H,2H2,1H3. The molecule has 0 unspecified atom stereocenters. The van der Waals surface area contributed by atoms with Gasteiger partial charge >= 0.3 is 0 Å². The van der Waals surface area contributed by atoms with Gasteiger partial charge in [0.05, 0.1) is 16.2 Å². The Hall–Kier alpha value is -1.39. The molecule has 0 fully saturated rings. The zero-order valence-corrected chi connectivity index (χ0v) is 11.0. The highest BCUT2D eigenvalue weighted by Crippen LogP contribution is 2.22. The monoisotopic (exact) mass is 286 g/mol. The minimum atomic E-state index is -0.566. The molecule has 0 saturated heterocycles. The van der Waals surface area contributed by atoms with Crippen LogP contribution in [0, 0.1) is 5.82 Å². The topological polar surface area (TPSA) is 34.9 Å². The summed E-state index contributed by atoms with van der Waals surface area (Å²) in [6.07, 6.45) is 1.41. The minimum Gasteiger partial charge on any atom is -0.287 e. The summed E-state index contributed by atoms with van der Waals surface area (Å²) in [6.45, 7) is 2.36. The fraction of sp³-hybridized carbons (Fsp3) is 0.167. The lowest BCUT2D eigenvalue weighted by Crippen LogP contribution is -2.11. The molecule has 2 aromatic rings. The number of rotatable bonds is 3. The maximum atomic E-state index is 13.0. The molecule has 0 aliphatic carbocycles. The maximum absolute atomic E-state index is 13.0. The van der Waals surface area contributed by atoms with Crippen molar-refractivity contribution in [3.8, 4) is 0 Å². The second-order valence-electron chi connectivity index (χ2n) is 3.61. The highest BCUT2D eigenvalue weighted by molar-refractivity contribution is 6.35. The third-order valence-electron chi connectivity index (χ3n) is 2.49. The fourth-order valence-electron chi connectivity index (χ4n) is 1.60. The van der Waals surface area contributed by atoms with E-state index in [0.29, 0.717) is 6.54 Å². The molecule has 0 atom stereocenters. The van der Waals surface area contributed by atoms with E-state index in [2.05, 4.69) is 5.10 Å². The Morgan fingerprint density at radius 3 is 2.72 bits per heavy atom. The van der Waals surface area contributed by atoms with Crippen molar-refractivity contribution in [1.29, 1.82) is 0 Å². The first-order chi connectivity index (χ1) is 8.54. The maximum Gasteiger partial charge on any atom is 0.212 e. The quantitative estimate of drug-likeness (QED) is 0.809. The van der Waals surface area contributed by atoms with E-state index in [-0.39, 0.29) is 27.1 Å². The summed E-state index contributed by atoms with van der Waals surface area (Å²) in [5, 5.41) is 4.15. The Bertz CT molecular complexity index is 610. The summed E-state index contributed by atoms with van der Waals surface area (Å²) < 4.78 is 14.5. The number of carbonyl (C=O) groups excluding carboxylic acids is 1. The van der Waals surface area contributed by atoms with Crippen LogP contribution in [0.25, 0.3) is 0 Å². The molecule has 1 aromatic heterocycles. The van der Waals surface area contributed by atoms with Gasteiger partial charge in [-0.2, -0.15) is 5.10 Å². The zero-order valence-electron chi connectivity index (χ0n) is 9.45. The van der Waals surface area contributed by atoms with Crippen LogP contribution in [0.3, 0.4) is 0 Å². The summed E-state index contributed by atoms with van der Waals surface area (Å²) in [5.74, 6) is -0.899. The van der Waals surface area contributed by atoms with E-state index in [0.717, 1.165) is 6.07 Å². The van der Waals surface area contributed by atoms with Crippen molar-refractivity contribution in [3.05, 3.63) is 51.5 Å². The SMILES string of the molecule is CCn1ncc(Cl)c1C(=O)c1ccc(F)c(Cl)c1. The predicted molar refractivity (Wildman–Crippen MR) is 67.8 cm³/mol. The Labute approximate surface area is 113 Å². The van der Waals surface area contributed by atoms with Gasteiger partial charge in [0.1, 0.15) is 11.5 Å². The molecule has 94 valence electrons. The van der Waals surface area contributed by atoms with Gasteiger partial charge < -0.3 is 0 Å². The van der Waals surface area contributed by atoms with Crippen LogP contribution in [0.4, 0.5) is 4.39 Å². The molecule has 0 saturated carbocycles. The van der Waals surface area contributed by atoms with Crippen LogP contribution in [-0.2, 0) is 6.54 Å². The third kappa shape index (κ3) is 2.26. The van der Waals surface area contributed by atoms with E-state index >= 15 is 0 Å². The molecule has 0 spiro atoms. The van der Waals surface area contributed by atoms with E-state index in [1.54, 1.807) is 0 Å². The van der Waals surface area contributed by atoms with Gasteiger partial charge in [0.15, 0.2) is 0 Å². The van der Waals surface area contributed by atoms with Crippen molar-refractivity contribution >= 4 is 29.0 Å². The van der Waals surface area contributed by atoms with Gasteiger partial charge in [0.25, 0.3) is 0 Å². The normalized spacial score (nSPS) is 10.7. The first-order valence-corrected chi connectivity index (χ1v) is 6.01. The van der Waals surface area contributed by atoms with Gasteiger partial charge in [-0.15, -0.1) is 0 Å². The Morgan fingerprint density at radius 2 is 2.11 bits per heavy atom. The summed E-state index contributed by atoms with van der Waals surface area (Å²) >= 11 is 11.6. The lowest BCUT2D eigenvalue weighted by atomic mass is 10.1. The minimum absolute atomic E-state index is 0.0977. The molecule has 1 aromatic carbocycles. The average Bonchev–Trinajstić information content (AvgIpc) is 2.73. The lowest BCUT2D eigenvalue weighted by molar-refractivity contribution is 0.102. The van der Waals surface area contributed by atoms with E-state index in [4.69, 9.17) is 23.2 Å². The second kappa shape index (κ2) is 5.08. The number of benzene rings is 1. The number of nitrogens with zero attached hydrogens (tertiary/aromatic N) is 2. The Kier molecular flexibility index (Phi) is 3.68. The van der Waals surface area contributed by atoms with E-state index in [1.807, 2.05) is 6.92 Å². The van der Waals surface area contributed by atoms with Crippen molar-refractivity contribution in [3.63, 3.8) is 0 Å². The molecule has 0 aliphatic rings. The molecule has 6 heteroatoms.